The fourth-order valence-electron chi connectivity index (χ4n) is 5.53. The van der Waals surface area contributed by atoms with Crippen molar-refractivity contribution in [1.82, 2.24) is 19.6 Å². The van der Waals surface area contributed by atoms with Gasteiger partial charge < -0.3 is 24.7 Å². The number of hydrogen-bond donors (Lipinski definition) is 2. The second-order valence-electron chi connectivity index (χ2n) is 10.4. The average Bonchev–Trinajstić information content (AvgIpc) is 3.46. The maximum Gasteiger partial charge on any atom is 0.394 e. The first-order chi connectivity index (χ1) is 18.8. The second kappa shape index (κ2) is 10.2. The van der Waals surface area contributed by atoms with Crippen LogP contribution in [0.5, 0.6) is 5.75 Å². The Morgan fingerprint density at radius 2 is 2.08 bits per heavy atom. The number of benzene rings is 1. The third-order valence-corrected chi connectivity index (χ3v) is 8.41. The van der Waals surface area contributed by atoms with Crippen molar-refractivity contribution < 1.29 is 30.7 Å². The van der Waals surface area contributed by atoms with Gasteiger partial charge in [-0.3, -0.25) is 0 Å². The van der Waals surface area contributed by atoms with E-state index in [1.54, 1.807) is 12.1 Å². The van der Waals surface area contributed by atoms with Crippen molar-refractivity contribution in [3.63, 3.8) is 0 Å². The van der Waals surface area contributed by atoms with Crippen LogP contribution in [0.1, 0.15) is 29.4 Å². The fourth-order valence-corrected chi connectivity index (χ4v) is 6.17. The quantitative estimate of drug-likeness (QED) is 0.342. The molecule has 5 rings (SSSR count). The Balaban J connectivity index is 1.43. The molecule has 0 amide bonds. The molecule has 0 unspecified atom stereocenters. The number of hydrogen-bond acceptors (Lipinski definition) is 7. The Morgan fingerprint density at radius 1 is 1.30 bits per heavy atom. The molecule has 2 fully saturated rings. The summed E-state index contributed by atoms with van der Waals surface area (Å²) in [6.45, 7) is 0.878. The molecule has 13 heteroatoms. The Kier molecular flexibility index (Phi) is 7.22. The molecule has 1 aromatic carbocycles. The number of ether oxygens (including phenoxy) is 1. The highest BCUT2D eigenvalue weighted by molar-refractivity contribution is 7.90. The summed E-state index contributed by atoms with van der Waals surface area (Å²) in [6.07, 6.45) is -2.92. The van der Waals surface area contributed by atoms with Crippen LogP contribution in [-0.2, 0) is 16.3 Å². The number of aromatic nitrogens is 2. The van der Waals surface area contributed by atoms with E-state index < -0.39 is 34.1 Å². The third kappa shape index (κ3) is 5.61. The maximum absolute atomic E-state index is 15.5. The van der Waals surface area contributed by atoms with E-state index in [4.69, 9.17) is 4.74 Å². The summed E-state index contributed by atoms with van der Waals surface area (Å²) in [7, 11) is -0.181. The highest BCUT2D eigenvalue weighted by Crippen LogP contribution is 2.42. The van der Waals surface area contributed by atoms with E-state index in [1.807, 2.05) is 11.9 Å². The highest BCUT2D eigenvalue weighted by Gasteiger charge is 2.53. The van der Waals surface area contributed by atoms with Crippen molar-refractivity contribution in [2.45, 2.75) is 41.7 Å². The lowest BCUT2D eigenvalue weighted by molar-refractivity contribution is -0.128. The number of fused-ring (bicyclic) bond motifs is 2. The molecule has 8 nitrogen and oxygen atoms in total. The maximum atomic E-state index is 15.5. The number of likely N-dealkylation sites (N-methyl/N-ethyl adjacent to an activating group) is 1. The topological polar surface area (TPSA) is 88.0 Å². The Bertz CT molecular complexity index is 1610. The molecule has 4 heterocycles. The van der Waals surface area contributed by atoms with Crippen LogP contribution in [0.3, 0.4) is 0 Å². The van der Waals surface area contributed by atoms with Gasteiger partial charge in [0, 0.05) is 49.6 Å². The second-order valence-corrected chi connectivity index (χ2v) is 12.4. The first-order valence-electron chi connectivity index (χ1n) is 12.6. The van der Waals surface area contributed by atoms with Crippen molar-refractivity contribution in [3.05, 3.63) is 53.5 Å². The number of halogens is 4. The normalized spacial score (nSPS) is 23.2. The van der Waals surface area contributed by atoms with Crippen molar-refractivity contribution >= 4 is 21.2 Å². The predicted molar refractivity (Wildman–Crippen MR) is 142 cm³/mol. The zero-order valence-corrected chi connectivity index (χ0v) is 23.0. The zero-order chi connectivity index (χ0) is 28.9. The molecule has 214 valence electrons. The monoisotopic (exact) mass is 579 g/mol. The fraction of sp³-hybridized carbons (Fsp3) is 0.444. The highest BCUT2D eigenvalue weighted by atomic mass is 32.2. The lowest BCUT2D eigenvalue weighted by Gasteiger charge is -2.18. The summed E-state index contributed by atoms with van der Waals surface area (Å²) in [5, 5.41) is 6.31. The lowest BCUT2D eigenvalue weighted by Crippen LogP contribution is -2.37. The molecule has 40 heavy (non-hydrogen) atoms. The number of rotatable bonds is 6. The van der Waals surface area contributed by atoms with Crippen molar-refractivity contribution in [2.24, 2.45) is 0 Å². The van der Waals surface area contributed by atoms with Gasteiger partial charge in [0.25, 0.3) is 0 Å². The Hall–Kier alpha value is -3.34. The lowest BCUT2D eigenvalue weighted by atomic mass is 9.96. The van der Waals surface area contributed by atoms with Gasteiger partial charge in [0.15, 0.2) is 9.84 Å². The first kappa shape index (κ1) is 28.2. The zero-order valence-electron chi connectivity index (χ0n) is 22.1. The van der Waals surface area contributed by atoms with E-state index in [1.165, 1.54) is 35.9 Å². The summed E-state index contributed by atoms with van der Waals surface area (Å²) in [5.41, 5.74) is -0.115. The van der Waals surface area contributed by atoms with Crippen LogP contribution < -0.4 is 15.4 Å². The van der Waals surface area contributed by atoms with E-state index in [9.17, 15) is 21.6 Å². The number of imidazole rings is 1. The van der Waals surface area contributed by atoms with E-state index >= 15 is 4.39 Å². The van der Waals surface area contributed by atoms with E-state index in [2.05, 4.69) is 27.5 Å². The molecule has 3 aromatic rings. The van der Waals surface area contributed by atoms with E-state index in [-0.39, 0.29) is 41.0 Å². The van der Waals surface area contributed by atoms with Gasteiger partial charge in [-0.1, -0.05) is 12.0 Å². The number of nitrogens with zero attached hydrogens (tertiary/aromatic N) is 3. The Morgan fingerprint density at radius 3 is 2.75 bits per heavy atom. The number of likely N-dealkylation sites (tertiary alicyclic amines) is 1. The van der Waals surface area contributed by atoms with Crippen molar-refractivity contribution in [3.8, 4) is 17.6 Å². The van der Waals surface area contributed by atoms with Crippen LogP contribution >= 0.6 is 0 Å². The van der Waals surface area contributed by atoms with Crippen molar-refractivity contribution in [1.29, 1.82) is 0 Å². The van der Waals surface area contributed by atoms with Gasteiger partial charge in [-0.15, -0.1) is 0 Å². The van der Waals surface area contributed by atoms with Crippen LogP contribution in [0.2, 0.25) is 0 Å². The molecule has 0 aliphatic carbocycles. The standard InChI is InChI=1S/C27H29F4N5O3S/c1-35-15-24-26(28,16-35)13-21(33-24)18-6-5-11-36-22(14-27(29,30)31)19(34-25(18)36)7-4-10-32-20-9-8-17(40(3,37)38)12-23(20)39-2/h5-6,8-9,11-12,21,24,32-33H,10,13-16H2,1-3H3/t21-,24-,26-/m0/s1. The van der Waals surface area contributed by atoms with Gasteiger partial charge in [-0.2, -0.15) is 13.2 Å². The van der Waals surface area contributed by atoms with Gasteiger partial charge in [-0.05, 0) is 31.2 Å². The summed E-state index contributed by atoms with van der Waals surface area (Å²) in [6, 6.07) is 6.98. The minimum atomic E-state index is -4.49. The molecule has 0 saturated carbocycles. The molecular formula is C27H29F4N5O3S. The van der Waals surface area contributed by atoms with Gasteiger partial charge in [0.05, 0.1) is 42.4 Å². The van der Waals surface area contributed by atoms with Crippen LogP contribution in [-0.4, -0.2) is 80.6 Å². The van der Waals surface area contributed by atoms with Crippen LogP contribution in [0.4, 0.5) is 23.2 Å². The largest absolute Gasteiger partial charge is 0.495 e. The number of alkyl halides is 4. The average molecular weight is 580 g/mol. The number of sulfone groups is 1. The molecular weight excluding hydrogens is 550 g/mol. The Labute approximate surface area is 229 Å². The molecule has 2 saturated heterocycles. The minimum Gasteiger partial charge on any atom is -0.495 e. The van der Waals surface area contributed by atoms with Gasteiger partial charge >= 0.3 is 6.18 Å². The van der Waals surface area contributed by atoms with E-state index in [0.29, 0.717) is 30.0 Å². The SMILES string of the molecule is COc1cc(S(C)(=O)=O)ccc1NCC#Cc1nc2c([C@@H]3C[C@]4(F)CN(C)C[C@@H]4N3)cccn2c1CC(F)(F)F. The smallest absolute Gasteiger partial charge is 0.394 e. The third-order valence-electron chi connectivity index (χ3n) is 7.29. The molecule has 2 aliphatic rings. The van der Waals surface area contributed by atoms with E-state index in [0.717, 1.165) is 6.26 Å². The first-order valence-corrected chi connectivity index (χ1v) is 14.5. The predicted octanol–water partition coefficient (Wildman–Crippen LogP) is 3.37. The van der Waals surface area contributed by atoms with Crippen LogP contribution in [0.25, 0.3) is 5.65 Å². The number of pyridine rings is 1. The molecule has 0 spiro atoms. The molecule has 0 radical (unpaired) electrons. The summed E-state index contributed by atoms with van der Waals surface area (Å²) in [4.78, 5) is 6.49. The van der Waals surface area contributed by atoms with Crippen LogP contribution in [0.15, 0.2) is 41.4 Å². The molecule has 2 aromatic heterocycles. The number of methoxy groups -OCH3 is 1. The van der Waals surface area contributed by atoms with Gasteiger partial charge in [0.2, 0.25) is 0 Å². The molecule has 3 atom stereocenters. The summed E-state index contributed by atoms with van der Waals surface area (Å²) in [5.74, 6) is 5.85. The van der Waals surface area contributed by atoms with Gasteiger partial charge in [-0.25, -0.2) is 17.8 Å². The summed E-state index contributed by atoms with van der Waals surface area (Å²) < 4.78 is 86.5. The number of anilines is 1. The molecule has 2 N–H and O–H groups in total. The molecule has 0 bridgehead atoms. The summed E-state index contributed by atoms with van der Waals surface area (Å²) >= 11 is 0. The van der Waals surface area contributed by atoms with Crippen LogP contribution in [0, 0.1) is 11.8 Å². The minimum absolute atomic E-state index is 0.0150. The number of nitrogens with one attached hydrogen (secondary N) is 2. The van der Waals surface area contributed by atoms with Crippen molar-refractivity contribution in [2.75, 3.05) is 45.4 Å². The van der Waals surface area contributed by atoms with Gasteiger partial charge in [0.1, 0.15) is 22.8 Å². The molecule has 2 aliphatic heterocycles.